The molecule has 108 valence electrons. The molecule has 1 aromatic heterocycles. The zero-order valence-electron chi connectivity index (χ0n) is 12.3. The third-order valence-corrected chi connectivity index (χ3v) is 3.81. The van der Waals surface area contributed by atoms with Gasteiger partial charge in [0.2, 0.25) is 5.95 Å². The average Bonchev–Trinajstić information content (AvgIpc) is 3.00. The van der Waals surface area contributed by atoms with E-state index >= 15 is 0 Å². The molecule has 1 fully saturated rings. The Morgan fingerprint density at radius 3 is 3.05 bits per heavy atom. The van der Waals surface area contributed by atoms with Crippen LogP contribution in [0, 0.1) is 5.92 Å². The predicted molar refractivity (Wildman–Crippen MR) is 77.4 cm³/mol. The minimum absolute atomic E-state index is 0.659. The molecule has 19 heavy (non-hydrogen) atoms. The fourth-order valence-corrected chi connectivity index (χ4v) is 2.65. The fraction of sp³-hybridized carbons (Fsp3) is 0.786. The van der Waals surface area contributed by atoms with E-state index in [1.54, 1.807) is 7.11 Å². The van der Waals surface area contributed by atoms with E-state index < -0.39 is 0 Å². The molecule has 0 bridgehead atoms. The Hall–Kier alpha value is -1.07. The number of ether oxygens (including phenoxy) is 1. The summed E-state index contributed by atoms with van der Waals surface area (Å²) in [4.78, 5) is 6.92. The normalized spacial score (nSPS) is 20.3. The maximum absolute atomic E-state index is 5.05. The molecule has 1 aliphatic heterocycles. The van der Waals surface area contributed by atoms with Crippen LogP contribution in [0.4, 0.5) is 5.95 Å². The molecule has 0 radical (unpaired) electrons. The van der Waals surface area contributed by atoms with E-state index in [9.17, 15) is 0 Å². The zero-order chi connectivity index (χ0) is 13.7. The van der Waals surface area contributed by atoms with Gasteiger partial charge in [0.1, 0.15) is 0 Å². The summed E-state index contributed by atoms with van der Waals surface area (Å²) in [6.07, 6.45) is 5.21. The number of nitrogens with one attached hydrogen (secondary N) is 1. The van der Waals surface area contributed by atoms with Crippen molar-refractivity contribution < 1.29 is 4.74 Å². The summed E-state index contributed by atoms with van der Waals surface area (Å²) < 4.78 is 7.27. The molecule has 1 aliphatic rings. The summed E-state index contributed by atoms with van der Waals surface area (Å²) in [6, 6.07) is 0.659. The average molecular weight is 266 g/mol. The number of rotatable bonds is 7. The van der Waals surface area contributed by atoms with Gasteiger partial charge in [0.15, 0.2) is 0 Å². The van der Waals surface area contributed by atoms with E-state index in [1.807, 2.05) is 6.20 Å². The lowest BCUT2D eigenvalue weighted by Gasteiger charge is -2.20. The van der Waals surface area contributed by atoms with Crippen LogP contribution in [0.2, 0.25) is 0 Å². The molecule has 1 unspecified atom stereocenters. The van der Waals surface area contributed by atoms with Gasteiger partial charge in [0.05, 0.1) is 6.61 Å². The molecule has 5 heteroatoms. The number of imidazole rings is 1. The molecule has 1 saturated heterocycles. The van der Waals surface area contributed by atoms with Gasteiger partial charge in [0.25, 0.3) is 0 Å². The highest BCUT2D eigenvalue weighted by Gasteiger charge is 2.24. The van der Waals surface area contributed by atoms with Crippen LogP contribution >= 0.6 is 0 Å². The lowest BCUT2D eigenvalue weighted by atomic mass is 10.1. The van der Waals surface area contributed by atoms with Crippen LogP contribution in [0.25, 0.3) is 0 Å². The predicted octanol–water partition coefficient (Wildman–Crippen LogP) is 1.67. The molecule has 0 aromatic carbocycles. The number of likely N-dealkylation sites (tertiary alicyclic amines) is 1. The number of nitrogens with zero attached hydrogens (tertiary/aromatic N) is 3. The first kappa shape index (κ1) is 14.3. The number of aromatic nitrogens is 2. The van der Waals surface area contributed by atoms with E-state index in [4.69, 9.17) is 4.74 Å². The van der Waals surface area contributed by atoms with Crippen LogP contribution in [0.15, 0.2) is 12.4 Å². The summed E-state index contributed by atoms with van der Waals surface area (Å²) in [5.74, 6) is 1.69. The number of hydrogen-bond acceptors (Lipinski definition) is 4. The lowest BCUT2D eigenvalue weighted by molar-refractivity contribution is 0.210. The monoisotopic (exact) mass is 266 g/mol. The molecule has 2 rings (SSSR count). The third-order valence-electron chi connectivity index (χ3n) is 3.81. The minimum atomic E-state index is 0.659. The molecule has 1 atom stereocenters. The highest BCUT2D eigenvalue weighted by atomic mass is 16.5. The van der Waals surface area contributed by atoms with Crippen LogP contribution in [-0.4, -0.2) is 53.8 Å². The van der Waals surface area contributed by atoms with Crippen molar-refractivity contribution in [3.05, 3.63) is 12.4 Å². The number of methoxy groups -OCH3 is 1. The van der Waals surface area contributed by atoms with Gasteiger partial charge in [-0.25, -0.2) is 4.98 Å². The topological polar surface area (TPSA) is 42.3 Å². The lowest BCUT2D eigenvalue weighted by Crippen LogP contribution is -2.28. The van der Waals surface area contributed by atoms with Crippen LogP contribution in [-0.2, 0) is 11.3 Å². The van der Waals surface area contributed by atoms with E-state index in [0.717, 1.165) is 25.0 Å². The Kier molecular flexibility index (Phi) is 5.22. The van der Waals surface area contributed by atoms with Crippen molar-refractivity contribution in [2.24, 2.45) is 5.92 Å². The molecular weight excluding hydrogens is 240 g/mol. The van der Waals surface area contributed by atoms with Gasteiger partial charge in [-0.05, 0) is 32.7 Å². The third kappa shape index (κ3) is 3.94. The molecule has 0 spiro atoms. The largest absolute Gasteiger partial charge is 0.383 e. The van der Waals surface area contributed by atoms with E-state index in [-0.39, 0.29) is 0 Å². The van der Waals surface area contributed by atoms with Crippen LogP contribution in [0.1, 0.15) is 20.3 Å². The minimum Gasteiger partial charge on any atom is -0.383 e. The molecule has 1 N–H and O–H groups in total. The molecule has 2 heterocycles. The number of hydrogen-bond donors (Lipinski definition) is 1. The van der Waals surface area contributed by atoms with E-state index in [1.165, 1.54) is 19.5 Å². The summed E-state index contributed by atoms with van der Waals surface area (Å²) in [7, 11) is 1.72. The molecular formula is C14H26N4O. The molecule has 0 saturated carbocycles. The van der Waals surface area contributed by atoms with Gasteiger partial charge in [-0.15, -0.1) is 0 Å². The summed E-state index contributed by atoms with van der Waals surface area (Å²) >= 11 is 0. The first-order valence-corrected chi connectivity index (χ1v) is 7.18. The maximum Gasteiger partial charge on any atom is 0.202 e. The van der Waals surface area contributed by atoms with Gasteiger partial charge >= 0.3 is 0 Å². The Bertz CT molecular complexity index is 377. The first-order chi connectivity index (χ1) is 9.20. The van der Waals surface area contributed by atoms with Crippen molar-refractivity contribution in [3.8, 4) is 0 Å². The van der Waals surface area contributed by atoms with Crippen molar-refractivity contribution in [3.63, 3.8) is 0 Å². The van der Waals surface area contributed by atoms with Gasteiger partial charge in [-0.2, -0.15) is 0 Å². The second-order valence-electron chi connectivity index (χ2n) is 5.57. The van der Waals surface area contributed by atoms with Gasteiger partial charge in [-0.3, -0.25) is 0 Å². The maximum atomic E-state index is 5.05. The van der Waals surface area contributed by atoms with Gasteiger partial charge in [0, 0.05) is 45.2 Å². The van der Waals surface area contributed by atoms with Crippen LogP contribution < -0.4 is 5.32 Å². The van der Waals surface area contributed by atoms with Crippen LogP contribution in [0.3, 0.4) is 0 Å². The Balaban J connectivity index is 1.84. The Labute approximate surface area is 116 Å². The molecule has 5 nitrogen and oxygen atoms in total. The fourth-order valence-electron chi connectivity index (χ4n) is 2.65. The molecule has 1 aromatic rings. The van der Waals surface area contributed by atoms with Crippen molar-refractivity contribution in [1.29, 1.82) is 0 Å². The standard InChI is InChI=1S/C14H26N4O/c1-12(2)17-7-4-13(10-17)11-18-8-5-15-14(18)16-6-9-19-3/h5,8,12-13H,4,6-7,9-11H2,1-3H3,(H,15,16). The van der Waals surface area contributed by atoms with E-state index in [2.05, 4.69) is 39.8 Å². The van der Waals surface area contributed by atoms with Crippen LogP contribution in [0.5, 0.6) is 0 Å². The quantitative estimate of drug-likeness (QED) is 0.762. The van der Waals surface area contributed by atoms with Crippen molar-refractivity contribution in [2.75, 3.05) is 38.7 Å². The zero-order valence-corrected chi connectivity index (χ0v) is 12.3. The highest BCUT2D eigenvalue weighted by Crippen LogP contribution is 2.21. The molecule has 0 amide bonds. The van der Waals surface area contributed by atoms with Gasteiger partial charge in [-0.1, -0.05) is 0 Å². The van der Waals surface area contributed by atoms with E-state index in [0.29, 0.717) is 12.6 Å². The summed E-state index contributed by atoms with van der Waals surface area (Å²) in [5, 5.41) is 3.32. The Morgan fingerprint density at radius 1 is 1.53 bits per heavy atom. The highest BCUT2D eigenvalue weighted by molar-refractivity contribution is 5.25. The summed E-state index contributed by atoms with van der Waals surface area (Å²) in [5.41, 5.74) is 0. The second-order valence-corrected chi connectivity index (χ2v) is 5.57. The van der Waals surface area contributed by atoms with Crippen molar-refractivity contribution in [1.82, 2.24) is 14.5 Å². The van der Waals surface area contributed by atoms with Gasteiger partial charge < -0.3 is 19.5 Å². The first-order valence-electron chi connectivity index (χ1n) is 7.18. The molecule has 0 aliphatic carbocycles. The summed E-state index contributed by atoms with van der Waals surface area (Å²) in [6.45, 7) is 9.54. The number of anilines is 1. The smallest absolute Gasteiger partial charge is 0.202 e. The second kappa shape index (κ2) is 6.91. The Morgan fingerprint density at radius 2 is 2.37 bits per heavy atom. The SMILES string of the molecule is COCCNc1nccn1CC1CCN(C(C)C)C1. The van der Waals surface area contributed by atoms with Crippen molar-refractivity contribution in [2.45, 2.75) is 32.9 Å². The van der Waals surface area contributed by atoms with Crippen molar-refractivity contribution >= 4 is 5.95 Å².